The lowest BCUT2D eigenvalue weighted by molar-refractivity contribution is 0.284. The molecule has 0 spiro atoms. The van der Waals surface area contributed by atoms with E-state index in [0.29, 0.717) is 0 Å². The zero-order valence-electron chi connectivity index (χ0n) is 5.71. The fourth-order valence-electron chi connectivity index (χ4n) is 1.21. The number of nitrogens with zero attached hydrogens (tertiary/aromatic N) is 1. The third kappa shape index (κ3) is 2.40. The van der Waals surface area contributed by atoms with Crippen molar-refractivity contribution in [3.8, 4) is 0 Å². The molecule has 0 aromatic heterocycles. The van der Waals surface area contributed by atoms with Crippen molar-refractivity contribution in [2.45, 2.75) is 18.1 Å². The maximum Gasteiger partial charge on any atom is 0.0276 e. The lowest BCUT2D eigenvalue weighted by atomic mass is 10.1. The van der Waals surface area contributed by atoms with Crippen molar-refractivity contribution >= 4 is 22.5 Å². The highest BCUT2D eigenvalue weighted by Gasteiger charge is 2.15. The van der Waals surface area contributed by atoms with Crippen LogP contribution in [0.3, 0.4) is 0 Å². The Morgan fingerprint density at radius 1 is 1.67 bits per heavy atom. The molecule has 1 rings (SSSR count). The SMILES string of the molecule is CN1CCC[C@@H](SS)C1. The average Bonchev–Trinajstić information content (AvgIpc) is 1.88. The largest absolute Gasteiger partial charge is 0.305 e. The molecule has 0 aromatic rings. The summed E-state index contributed by atoms with van der Waals surface area (Å²) in [5, 5.41) is 0.770. The first-order valence-corrected chi connectivity index (χ1v) is 5.25. The van der Waals surface area contributed by atoms with Crippen molar-refractivity contribution < 1.29 is 0 Å². The summed E-state index contributed by atoms with van der Waals surface area (Å²) in [5.74, 6) is 0. The lowest BCUT2D eigenvalue weighted by Crippen LogP contribution is -2.33. The number of hydrogen-bond donors (Lipinski definition) is 1. The summed E-state index contributed by atoms with van der Waals surface area (Å²) in [6.45, 7) is 2.49. The minimum absolute atomic E-state index is 0.770. The van der Waals surface area contributed by atoms with Gasteiger partial charge in [0.1, 0.15) is 0 Å². The number of thiol groups is 1. The number of likely N-dealkylation sites (tertiary alicyclic amines) is 1. The number of piperidine rings is 1. The highest BCUT2D eigenvalue weighted by atomic mass is 33.1. The molecule has 1 fully saturated rings. The van der Waals surface area contributed by atoms with Crippen LogP contribution in [0.1, 0.15) is 12.8 Å². The first-order valence-electron chi connectivity index (χ1n) is 3.31. The molecule has 1 atom stereocenters. The Bertz CT molecular complexity index is 87.1. The molecule has 0 bridgehead atoms. The predicted molar refractivity (Wildman–Crippen MR) is 47.1 cm³/mol. The number of hydrogen-bond acceptors (Lipinski definition) is 3. The van der Waals surface area contributed by atoms with Gasteiger partial charge in [0, 0.05) is 11.8 Å². The van der Waals surface area contributed by atoms with Gasteiger partial charge in [-0.1, -0.05) is 10.8 Å². The van der Waals surface area contributed by atoms with E-state index in [4.69, 9.17) is 0 Å². The molecule has 0 N–H and O–H groups in total. The minimum Gasteiger partial charge on any atom is -0.305 e. The van der Waals surface area contributed by atoms with Gasteiger partial charge in [0.05, 0.1) is 0 Å². The Morgan fingerprint density at radius 2 is 2.44 bits per heavy atom. The second-order valence-corrected chi connectivity index (χ2v) is 4.14. The molecule has 54 valence electrons. The van der Waals surface area contributed by atoms with Crippen LogP contribution in [0.2, 0.25) is 0 Å². The van der Waals surface area contributed by atoms with Crippen molar-refractivity contribution in [3.63, 3.8) is 0 Å². The van der Waals surface area contributed by atoms with Crippen molar-refractivity contribution in [3.05, 3.63) is 0 Å². The zero-order chi connectivity index (χ0) is 6.69. The van der Waals surface area contributed by atoms with E-state index in [1.807, 2.05) is 0 Å². The molecule has 0 amide bonds. The lowest BCUT2D eigenvalue weighted by Gasteiger charge is -2.27. The van der Waals surface area contributed by atoms with Crippen LogP contribution in [0.4, 0.5) is 0 Å². The number of rotatable bonds is 1. The summed E-state index contributed by atoms with van der Waals surface area (Å²) >= 11 is 4.19. The standard InChI is InChI=1S/C6H13NS2/c1-7-4-2-3-6(5-7)9-8/h6,8H,2-5H2,1H3/t6-/m1/s1. The third-order valence-electron chi connectivity index (χ3n) is 1.73. The second kappa shape index (κ2) is 3.74. The summed E-state index contributed by atoms with van der Waals surface area (Å²) in [6.07, 6.45) is 2.69. The quantitative estimate of drug-likeness (QED) is 0.462. The maximum atomic E-state index is 4.19. The molecule has 9 heavy (non-hydrogen) atoms. The van der Waals surface area contributed by atoms with Gasteiger partial charge in [-0.25, -0.2) is 0 Å². The molecule has 0 unspecified atom stereocenters. The molecule has 1 saturated heterocycles. The Labute approximate surface area is 66.0 Å². The van der Waals surface area contributed by atoms with Gasteiger partial charge in [-0.15, -0.1) is 11.7 Å². The van der Waals surface area contributed by atoms with E-state index < -0.39 is 0 Å². The first-order chi connectivity index (χ1) is 4.33. The van der Waals surface area contributed by atoms with Crippen LogP contribution in [0.15, 0.2) is 0 Å². The van der Waals surface area contributed by atoms with Crippen LogP contribution in [0.5, 0.6) is 0 Å². The van der Waals surface area contributed by atoms with E-state index in [2.05, 4.69) is 23.6 Å². The monoisotopic (exact) mass is 163 g/mol. The Balaban J connectivity index is 2.23. The minimum atomic E-state index is 0.770. The Morgan fingerprint density at radius 3 is 2.89 bits per heavy atom. The van der Waals surface area contributed by atoms with Crippen LogP contribution in [-0.4, -0.2) is 30.3 Å². The second-order valence-electron chi connectivity index (χ2n) is 2.63. The van der Waals surface area contributed by atoms with E-state index in [1.54, 1.807) is 10.8 Å². The van der Waals surface area contributed by atoms with E-state index in [1.165, 1.54) is 25.9 Å². The van der Waals surface area contributed by atoms with Gasteiger partial charge in [0.15, 0.2) is 0 Å². The molecule has 3 heteroatoms. The normalized spacial score (nSPS) is 30.7. The van der Waals surface area contributed by atoms with Crippen LogP contribution in [-0.2, 0) is 0 Å². The summed E-state index contributed by atoms with van der Waals surface area (Å²) in [4.78, 5) is 2.37. The maximum absolute atomic E-state index is 4.19. The average molecular weight is 163 g/mol. The Kier molecular flexibility index (Phi) is 3.22. The Hall–Kier alpha value is 0.660. The summed E-state index contributed by atoms with van der Waals surface area (Å²) in [7, 11) is 3.88. The van der Waals surface area contributed by atoms with Crippen molar-refractivity contribution in [1.29, 1.82) is 0 Å². The predicted octanol–water partition coefficient (Wildman–Crippen LogP) is 1.66. The molecule has 1 nitrogen and oxygen atoms in total. The topological polar surface area (TPSA) is 3.24 Å². The molecular weight excluding hydrogens is 150 g/mol. The molecule has 0 saturated carbocycles. The highest BCUT2D eigenvalue weighted by Crippen LogP contribution is 2.23. The third-order valence-corrected chi connectivity index (χ3v) is 3.31. The summed E-state index contributed by atoms with van der Waals surface area (Å²) in [6, 6.07) is 0. The van der Waals surface area contributed by atoms with E-state index in [0.717, 1.165) is 5.25 Å². The van der Waals surface area contributed by atoms with E-state index >= 15 is 0 Å². The van der Waals surface area contributed by atoms with E-state index in [-0.39, 0.29) is 0 Å². The molecular formula is C6H13NS2. The fourth-order valence-corrected chi connectivity index (χ4v) is 2.31. The zero-order valence-corrected chi connectivity index (χ0v) is 7.42. The highest BCUT2D eigenvalue weighted by molar-refractivity contribution is 8.68. The smallest absolute Gasteiger partial charge is 0.0276 e. The van der Waals surface area contributed by atoms with Gasteiger partial charge in [-0.05, 0) is 26.4 Å². The first kappa shape index (κ1) is 7.76. The van der Waals surface area contributed by atoms with Gasteiger partial charge in [-0.3, -0.25) is 0 Å². The fraction of sp³-hybridized carbons (Fsp3) is 1.00. The summed E-state index contributed by atoms with van der Waals surface area (Å²) in [5.41, 5.74) is 0. The van der Waals surface area contributed by atoms with Gasteiger partial charge >= 0.3 is 0 Å². The van der Waals surface area contributed by atoms with E-state index in [9.17, 15) is 0 Å². The van der Waals surface area contributed by atoms with Crippen LogP contribution in [0, 0.1) is 0 Å². The van der Waals surface area contributed by atoms with Crippen LogP contribution >= 0.6 is 22.5 Å². The van der Waals surface area contributed by atoms with Gasteiger partial charge in [0.25, 0.3) is 0 Å². The molecule has 0 aliphatic carbocycles. The molecule has 1 aliphatic rings. The summed E-state index contributed by atoms with van der Waals surface area (Å²) < 4.78 is 0. The van der Waals surface area contributed by atoms with Gasteiger partial charge in [0.2, 0.25) is 0 Å². The molecule has 0 radical (unpaired) electrons. The van der Waals surface area contributed by atoms with Gasteiger partial charge < -0.3 is 4.90 Å². The van der Waals surface area contributed by atoms with Crippen molar-refractivity contribution in [2.24, 2.45) is 0 Å². The van der Waals surface area contributed by atoms with Crippen LogP contribution < -0.4 is 0 Å². The van der Waals surface area contributed by atoms with Crippen LogP contribution in [0.25, 0.3) is 0 Å². The van der Waals surface area contributed by atoms with Crippen molar-refractivity contribution in [1.82, 2.24) is 4.90 Å². The van der Waals surface area contributed by atoms with Gasteiger partial charge in [-0.2, -0.15) is 0 Å². The molecule has 1 heterocycles. The molecule has 1 aliphatic heterocycles. The molecule has 0 aromatic carbocycles. The van der Waals surface area contributed by atoms with Crippen molar-refractivity contribution in [2.75, 3.05) is 20.1 Å².